The van der Waals surface area contributed by atoms with Gasteiger partial charge in [-0.1, -0.05) is 39.0 Å². The number of aromatic nitrogens is 1. The summed E-state index contributed by atoms with van der Waals surface area (Å²) in [5, 5.41) is 1.22. The second kappa shape index (κ2) is 4.88. The maximum atomic E-state index is 12.6. The summed E-state index contributed by atoms with van der Waals surface area (Å²) in [5.74, 6) is 0.0541. The number of para-hydroxylation sites is 1. The Hall–Kier alpha value is -1.81. The lowest BCUT2D eigenvalue weighted by Gasteiger charge is -2.34. The van der Waals surface area contributed by atoms with Crippen LogP contribution in [0.1, 0.15) is 32.0 Å². The van der Waals surface area contributed by atoms with Gasteiger partial charge in [-0.25, -0.2) is 0 Å². The lowest BCUT2D eigenvalue weighted by atomic mass is 9.86. The Morgan fingerprint density at radius 1 is 1.33 bits per heavy atom. The number of nitrogens with two attached hydrogens (primary N) is 1. The van der Waals surface area contributed by atoms with E-state index in [4.69, 9.17) is 5.73 Å². The molecule has 1 aliphatic heterocycles. The SMILES string of the molecule is CC(C)(C)[C@@H](N)C(=O)N1CCc2[nH]c3ccccc3c2C1. The van der Waals surface area contributed by atoms with Crippen molar-refractivity contribution in [1.82, 2.24) is 9.88 Å². The first kappa shape index (κ1) is 14.1. The molecule has 1 aliphatic rings. The van der Waals surface area contributed by atoms with Crippen LogP contribution in [-0.4, -0.2) is 28.4 Å². The molecule has 0 saturated carbocycles. The van der Waals surface area contributed by atoms with Crippen molar-refractivity contribution in [1.29, 1.82) is 0 Å². The average molecular weight is 285 g/mol. The number of H-pyrrole nitrogens is 1. The fourth-order valence-electron chi connectivity index (χ4n) is 2.92. The van der Waals surface area contributed by atoms with Crippen LogP contribution in [-0.2, 0) is 17.8 Å². The number of nitrogens with one attached hydrogen (secondary N) is 1. The Bertz CT molecular complexity index is 681. The third-order valence-electron chi connectivity index (χ3n) is 4.39. The van der Waals surface area contributed by atoms with E-state index in [0.29, 0.717) is 6.54 Å². The monoisotopic (exact) mass is 285 g/mol. The molecular formula is C17H23N3O. The zero-order chi connectivity index (χ0) is 15.2. The summed E-state index contributed by atoms with van der Waals surface area (Å²) in [6, 6.07) is 7.81. The summed E-state index contributed by atoms with van der Waals surface area (Å²) in [6.45, 7) is 7.42. The van der Waals surface area contributed by atoms with Gasteiger partial charge in [0.05, 0.1) is 6.04 Å². The number of nitrogens with zero attached hydrogens (tertiary/aromatic N) is 1. The van der Waals surface area contributed by atoms with Gasteiger partial charge in [-0.3, -0.25) is 4.79 Å². The van der Waals surface area contributed by atoms with Crippen LogP contribution in [0, 0.1) is 5.41 Å². The van der Waals surface area contributed by atoms with Crippen LogP contribution in [0.2, 0.25) is 0 Å². The highest BCUT2D eigenvalue weighted by atomic mass is 16.2. The van der Waals surface area contributed by atoms with Crippen LogP contribution in [0.3, 0.4) is 0 Å². The van der Waals surface area contributed by atoms with E-state index in [1.165, 1.54) is 16.6 Å². The number of fused-ring (bicyclic) bond motifs is 3. The van der Waals surface area contributed by atoms with Crippen LogP contribution < -0.4 is 5.73 Å². The molecule has 0 unspecified atom stereocenters. The molecule has 0 radical (unpaired) electrons. The zero-order valence-corrected chi connectivity index (χ0v) is 12.9. The predicted octanol–water partition coefficient (Wildman–Crippen LogP) is 2.43. The molecule has 0 saturated heterocycles. The lowest BCUT2D eigenvalue weighted by molar-refractivity contribution is -0.135. The summed E-state index contributed by atoms with van der Waals surface area (Å²) >= 11 is 0. The van der Waals surface area contributed by atoms with E-state index < -0.39 is 6.04 Å². The van der Waals surface area contributed by atoms with Crippen molar-refractivity contribution in [3.8, 4) is 0 Å². The van der Waals surface area contributed by atoms with E-state index in [1.54, 1.807) is 0 Å². The number of hydrogen-bond donors (Lipinski definition) is 2. The van der Waals surface area contributed by atoms with Crippen molar-refractivity contribution in [2.75, 3.05) is 6.54 Å². The largest absolute Gasteiger partial charge is 0.358 e. The van der Waals surface area contributed by atoms with Gasteiger partial charge >= 0.3 is 0 Å². The third-order valence-corrected chi connectivity index (χ3v) is 4.39. The molecule has 0 fully saturated rings. The van der Waals surface area contributed by atoms with Crippen LogP contribution in [0.15, 0.2) is 24.3 Å². The molecule has 2 heterocycles. The van der Waals surface area contributed by atoms with Gasteiger partial charge in [0.2, 0.25) is 5.91 Å². The number of benzene rings is 1. The highest BCUT2D eigenvalue weighted by Gasteiger charge is 2.33. The summed E-state index contributed by atoms with van der Waals surface area (Å²) in [7, 11) is 0. The van der Waals surface area contributed by atoms with Crippen molar-refractivity contribution in [3.63, 3.8) is 0 Å². The topological polar surface area (TPSA) is 62.1 Å². The highest BCUT2D eigenvalue weighted by molar-refractivity contribution is 5.87. The number of hydrogen-bond acceptors (Lipinski definition) is 2. The van der Waals surface area contributed by atoms with E-state index in [0.717, 1.165) is 18.5 Å². The third kappa shape index (κ3) is 2.44. The minimum atomic E-state index is -0.454. The average Bonchev–Trinajstić information content (AvgIpc) is 2.82. The molecule has 1 atom stereocenters. The van der Waals surface area contributed by atoms with Crippen molar-refractivity contribution < 1.29 is 4.79 Å². The number of carbonyl (C=O) groups is 1. The second-order valence-electron chi connectivity index (χ2n) is 6.98. The first-order valence-electron chi connectivity index (χ1n) is 7.51. The zero-order valence-electron chi connectivity index (χ0n) is 12.9. The second-order valence-corrected chi connectivity index (χ2v) is 6.98. The maximum absolute atomic E-state index is 12.6. The number of amides is 1. The van der Waals surface area contributed by atoms with Crippen molar-refractivity contribution in [3.05, 3.63) is 35.5 Å². The van der Waals surface area contributed by atoms with Crippen LogP contribution in [0.25, 0.3) is 10.9 Å². The quantitative estimate of drug-likeness (QED) is 0.845. The summed E-state index contributed by atoms with van der Waals surface area (Å²) < 4.78 is 0. The molecule has 21 heavy (non-hydrogen) atoms. The Morgan fingerprint density at radius 2 is 2.05 bits per heavy atom. The molecule has 0 aliphatic carbocycles. The van der Waals surface area contributed by atoms with Crippen LogP contribution in [0.5, 0.6) is 0 Å². The minimum absolute atomic E-state index is 0.0541. The Labute approximate surface area is 125 Å². The standard InChI is InChI=1S/C17H23N3O/c1-17(2,3)15(18)16(21)20-9-8-14-12(10-20)11-6-4-5-7-13(11)19-14/h4-7,15,19H,8-10,18H2,1-3H3/t15-/m0/s1. The van der Waals surface area contributed by atoms with E-state index in [-0.39, 0.29) is 11.3 Å². The van der Waals surface area contributed by atoms with Gasteiger partial charge in [0.15, 0.2) is 0 Å². The van der Waals surface area contributed by atoms with E-state index >= 15 is 0 Å². The van der Waals surface area contributed by atoms with Gasteiger partial charge < -0.3 is 15.6 Å². The Morgan fingerprint density at radius 3 is 2.76 bits per heavy atom. The molecule has 1 amide bonds. The first-order valence-corrected chi connectivity index (χ1v) is 7.51. The molecule has 2 aromatic rings. The molecule has 1 aromatic carbocycles. The smallest absolute Gasteiger partial charge is 0.240 e. The molecule has 3 N–H and O–H groups in total. The fraction of sp³-hybridized carbons (Fsp3) is 0.471. The normalized spacial score (nSPS) is 16.9. The van der Waals surface area contributed by atoms with Crippen LogP contribution >= 0.6 is 0 Å². The minimum Gasteiger partial charge on any atom is -0.358 e. The van der Waals surface area contributed by atoms with E-state index in [9.17, 15) is 4.79 Å². The number of rotatable bonds is 1. The number of aromatic amines is 1. The Balaban J connectivity index is 1.89. The molecule has 112 valence electrons. The molecule has 0 bridgehead atoms. The van der Waals surface area contributed by atoms with Crippen molar-refractivity contribution in [2.45, 2.75) is 39.8 Å². The summed E-state index contributed by atoms with van der Waals surface area (Å²) in [4.78, 5) is 18.0. The highest BCUT2D eigenvalue weighted by Crippen LogP contribution is 2.29. The molecule has 4 nitrogen and oxygen atoms in total. The molecular weight excluding hydrogens is 262 g/mol. The number of carbonyl (C=O) groups excluding carboxylic acids is 1. The molecule has 1 aromatic heterocycles. The van der Waals surface area contributed by atoms with Crippen molar-refractivity contribution in [2.24, 2.45) is 11.1 Å². The maximum Gasteiger partial charge on any atom is 0.240 e. The molecule has 3 rings (SSSR count). The molecule has 4 heteroatoms. The van der Waals surface area contributed by atoms with Gasteiger partial charge in [0.25, 0.3) is 0 Å². The summed E-state index contributed by atoms with van der Waals surface area (Å²) in [5.41, 5.74) is 9.57. The van der Waals surface area contributed by atoms with Gasteiger partial charge in [-0.05, 0) is 11.5 Å². The lowest BCUT2D eigenvalue weighted by Crippen LogP contribution is -2.51. The van der Waals surface area contributed by atoms with E-state index in [1.807, 2.05) is 37.8 Å². The van der Waals surface area contributed by atoms with Gasteiger partial charge in [-0.2, -0.15) is 0 Å². The molecule has 0 spiro atoms. The predicted molar refractivity (Wildman–Crippen MR) is 84.9 cm³/mol. The van der Waals surface area contributed by atoms with Gasteiger partial charge in [-0.15, -0.1) is 0 Å². The fourth-order valence-corrected chi connectivity index (χ4v) is 2.92. The Kier molecular flexibility index (Phi) is 3.29. The van der Waals surface area contributed by atoms with Crippen molar-refractivity contribution >= 4 is 16.8 Å². The van der Waals surface area contributed by atoms with E-state index in [2.05, 4.69) is 17.1 Å². The van der Waals surface area contributed by atoms with Gasteiger partial charge in [0, 0.05) is 41.7 Å². The summed E-state index contributed by atoms with van der Waals surface area (Å²) in [6.07, 6.45) is 0.868. The van der Waals surface area contributed by atoms with Gasteiger partial charge in [0.1, 0.15) is 0 Å². The van der Waals surface area contributed by atoms with Crippen LogP contribution in [0.4, 0.5) is 0 Å². The first-order chi connectivity index (χ1) is 9.88.